The van der Waals surface area contributed by atoms with Crippen LogP contribution in [0.3, 0.4) is 0 Å². The van der Waals surface area contributed by atoms with Crippen molar-refractivity contribution in [1.29, 1.82) is 5.26 Å². The van der Waals surface area contributed by atoms with Gasteiger partial charge in [0.2, 0.25) is 10.0 Å². The Hall–Kier alpha value is -2.21. The smallest absolute Gasteiger partial charge is 0.256 e. The number of hydrogen-bond donors (Lipinski definition) is 0. The summed E-state index contributed by atoms with van der Waals surface area (Å²) in [5, 5.41) is 10.8. The SMILES string of the molecule is CC1(C)[C@@H]2CC[C@]13CS(=O)(=O)N(C(=O)[C@@H]1CCC[C@@]4(CCC/C=C\C#N)C[C@H](c5ccccc5)ON14)[C@@H]3C2. The standard InChI is InChI=1S/C30H39N3O4S/c1-28(2)23-14-17-30(28)21-38(35,36)32(26(30)19-23)27(34)24-13-10-16-29(15-8-3-4-9-18-31)20-25(37-33(24)29)22-11-6-5-7-12-22/h4-7,9,11-12,23-26H,3,8,10,13-17,19-21H2,1-2H3/b9-4-/t23-,24+,25-,26-,29+,30-/m1/s1. The van der Waals surface area contributed by atoms with E-state index in [1.807, 2.05) is 29.3 Å². The third kappa shape index (κ3) is 3.72. The van der Waals surface area contributed by atoms with E-state index in [0.717, 1.165) is 63.4 Å². The lowest BCUT2D eigenvalue weighted by Gasteiger charge is -2.46. The number of rotatable bonds is 6. The highest BCUT2D eigenvalue weighted by atomic mass is 32.2. The molecule has 1 spiro atoms. The molecule has 2 saturated carbocycles. The maximum absolute atomic E-state index is 14.4. The van der Waals surface area contributed by atoms with Crippen LogP contribution in [0.4, 0.5) is 0 Å². The van der Waals surface area contributed by atoms with Crippen LogP contribution in [0.2, 0.25) is 0 Å². The number of nitrogens with zero attached hydrogens (tertiary/aromatic N) is 3. The maximum Gasteiger partial charge on any atom is 0.256 e. The van der Waals surface area contributed by atoms with Gasteiger partial charge in [-0.3, -0.25) is 9.63 Å². The molecule has 2 aliphatic carbocycles. The molecule has 0 aromatic heterocycles. The fourth-order valence-corrected chi connectivity index (χ4v) is 11.5. The highest BCUT2D eigenvalue weighted by molar-refractivity contribution is 7.90. The summed E-state index contributed by atoms with van der Waals surface area (Å²) in [7, 11) is -3.69. The normalized spacial score (nSPS) is 38.8. The van der Waals surface area contributed by atoms with Crippen LogP contribution in [-0.4, -0.2) is 47.1 Å². The van der Waals surface area contributed by atoms with Gasteiger partial charge < -0.3 is 0 Å². The Labute approximate surface area is 226 Å². The van der Waals surface area contributed by atoms with Crippen molar-refractivity contribution in [2.45, 2.75) is 102 Å². The molecule has 6 atom stereocenters. The van der Waals surface area contributed by atoms with Gasteiger partial charge in [0.25, 0.3) is 5.91 Å². The van der Waals surface area contributed by atoms with Gasteiger partial charge >= 0.3 is 0 Å². The number of amides is 1. The summed E-state index contributed by atoms with van der Waals surface area (Å²) in [5.41, 5.74) is 0.354. The number of benzene rings is 1. The minimum atomic E-state index is -3.69. The summed E-state index contributed by atoms with van der Waals surface area (Å²) in [6.45, 7) is 4.43. The molecule has 6 rings (SSSR count). The molecule has 0 radical (unpaired) electrons. The molecule has 8 heteroatoms. The lowest BCUT2D eigenvalue weighted by Crippen LogP contribution is -2.59. The van der Waals surface area contributed by atoms with Crippen molar-refractivity contribution in [2.75, 3.05) is 5.75 Å². The largest absolute Gasteiger partial charge is 0.290 e. The van der Waals surface area contributed by atoms with E-state index >= 15 is 0 Å². The van der Waals surface area contributed by atoms with E-state index in [9.17, 15) is 13.2 Å². The number of unbranched alkanes of at least 4 members (excludes halogenated alkanes) is 1. The molecular formula is C30H39N3O4S. The molecule has 3 heterocycles. The molecule has 5 fully saturated rings. The Morgan fingerprint density at radius 1 is 1.21 bits per heavy atom. The molecule has 38 heavy (non-hydrogen) atoms. The second kappa shape index (κ2) is 9.18. The van der Waals surface area contributed by atoms with Crippen LogP contribution in [-0.2, 0) is 19.7 Å². The molecule has 7 nitrogen and oxygen atoms in total. The molecule has 3 saturated heterocycles. The molecule has 204 valence electrons. The first-order chi connectivity index (χ1) is 18.2. The number of carbonyl (C=O) groups is 1. The fraction of sp³-hybridized carbons (Fsp3) is 0.667. The quantitative estimate of drug-likeness (QED) is 0.363. The Kier molecular flexibility index (Phi) is 6.29. The molecule has 1 amide bonds. The summed E-state index contributed by atoms with van der Waals surface area (Å²) in [5.74, 6) is 0.282. The van der Waals surface area contributed by atoms with Gasteiger partial charge in [-0.15, -0.1) is 0 Å². The molecule has 0 N–H and O–H groups in total. The minimum Gasteiger partial charge on any atom is -0.290 e. The van der Waals surface area contributed by atoms with Crippen LogP contribution in [0.1, 0.15) is 89.7 Å². The monoisotopic (exact) mass is 537 g/mol. The second-order valence-electron chi connectivity index (χ2n) is 12.8. The van der Waals surface area contributed by atoms with Crippen LogP contribution < -0.4 is 0 Å². The van der Waals surface area contributed by atoms with Crippen molar-refractivity contribution >= 4 is 15.9 Å². The van der Waals surface area contributed by atoms with Gasteiger partial charge in [0, 0.05) is 17.9 Å². The van der Waals surface area contributed by atoms with Gasteiger partial charge in [-0.05, 0) is 74.7 Å². The predicted molar refractivity (Wildman–Crippen MR) is 144 cm³/mol. The number of carbonyl (C=O) groups excluding carboxylic acids is 1. The van der Waals surface area contributed by atoms with Crippen molar-refractivity contribution in [2.24, 2.45) is 16.7 Å². The van der Waals surface area contributed by atoms with Crippen molar-refractivity contribution in [3.8, 4) is 6.07 Å². The molecule has 1 aromatic rings. The van der Waals surface area contributed by atoms with Gasteiger partial charge in [0.15, 0.2) is 0 Å². The van der Waals surface area contributed by atoms with Crippen LogP contribution in [0, 0.1) is 28.1 Å². The number of nitriles is 1. The maximum atomic E-state index is 14.4. The van der Waals surface area contributed by atoms with Crippen molar-refractivity contribution in [3.63, 3.8) is 0 Å². The Morgan fingerprint density at radius 3 is 2.74 bits per heavy atom. The van der Waals surface area contributed by atoms with Crippen molar-refractivity contribution in [3.05, 3.63) is 48.0 Å². The van der Waals surface area contributed by atoms with E-state index in [2.05, 4.69) is 32.0 Å². The third-order valence-corrected chi connectivity index (χ3v) is 12.9. The molecular weight excluding hydrogens is 498 g/mol. The molecule has 3 aliphatic heterocycles. The average Bonchev–Trinajstić information content (AvgIpc) is 3.53. The number of piperidine rings is 1. The number of fused-ring (bicyclic) bond motifs is 2. The zero-order valence-corrected chi connectivity index (χ0v) is 23.3. The van der Waals surface area contributed by atoms with Crippen LogP contribution in [0.5, 0.6) is 0 Å². The van der Waals surface area contributed by atoms with Crippen molar-refractivity contribution in [1.82, 2.24) is 9.37 Å². The van der Waals surface area contributed by atoms with Gasteiger partial charge in [0.05, 0.1) is 23.4 Å². The van der Waals surface area contributed by atoms with Crippen LogP contribution in [0.25, 0.3) is 0 Å². The van der Waals surface area contributed by atoms with E-state index in [4.69, 9.17) is 10.1 Å². The third-order valence-electron chi connectivity index (χ3n) is 11.0. The molecule has 0 unspecified atom stereocenters. The predicted octanol–water partition coefficient (Wildman–Crippen LogP) is 5.27. The zero-order chi connectivity index (χ0) is 26.8. The summed E-state index contributed by atoms with van der Waals surface area (Å²) < 4.78 is 28.7. The molecule has 1 aromatic carbocycles. The van der Waals surface area contributed by atoms with Gasteiger partial charge in [-0.25, -0.2) is 12.7 Å². The number of hydroxylamine groups is 2. The van der Waals surface area contributed by atoms with Crippen LogP contribution in [0.15, 0.2) is 42.5 Å². The topological polar surface area (TPSA) is 90.7 Å². The lowest BCUT2D eigenvalue weighted by atomic mass is 9.69. The number of hydrogen-bond acceptors (Lipinski definition) is 6. The van der Waals surface area contributed by atoms with Crippen LogP contribution >= 0.6 is 0 Å². The number of allylic oxidation sites excluding steroid dienone is 2. The Balaban J connectivity index is 1.31. The van der Waals surface area contributed by atoms with E-state index in [0.29, 0.717) is 12.3 Å². The second-order valence-corrected chi connectivity index (χ2v) is 14.7. The van der Waals surface area contributed by atoms with Gasteiger partial charge in [-0.1, -0.05) is 50.3 Å². The first kappa shape index (κ1) is 26.0. The minimum absolute atomic E-state index is 0.0738. The summed E-state index contributed by atoms with van der Waals surface area (Å²) in [6.07, 6.45) is 11.6. The lowest BCUT2D eigenvalue weighted by molar-refractivity contribution is -0.231. The van der Waals surface area contributed by atoms with Crippen molar-refractivity contribution < 1.29 is 18.0 Å². The molecule has 5 aliphatic rings. The van der Waals surface area contributed by atoms with Gasteiger partial charge in [0.1, 0.15) is 12.1 Å². The molecule has 2 bridgehead atoms. The Morgan fingerprint density at radius 2 is 2.00 bits per heavy atom. The fourth-order valence-electron chi connectivity index (χ4n) is 8.90. The average molecular weight is 538 g/mol. The zero-order valence-electron chi connectivity index (χ0n) is 22.5. The summed E-state index contributed by atoms with van der Waals surface area (Å²) in [6, 6.07) is 11.4. The van der Waals surface area contributed by atoms with Gasteiger partial charge in [-0.2, -0.15) is 10.3 Å². The highest BCUT2D eigenvalue weighted by Crippen LogP contribution is 2.70. The first-order valence-corrected chi connectivity index (χ1v) is 15.9. The van der Waals surface area contributed by atoms with E-state index in [-0.39, 0.29) is 40.2 Å². The first-order valence-electron chi connectivity index (χ1n) is 14.3. The van der Waals surface area contributed by atoms with E-state index < -0.39 is 16.1 Å². The van der Waals surface area contributed by atoms with E-state index in [1.165, 1.54) is 10.4 Å². The van der Waals surface area contributed by atoms with E-state index in [1.54, 1.807) is 0 Å². The summed E-state index contributed by atoms with van der Waals surface area (Å²) in [4.78, 5) is 21.0. The Bertz CT molecular complexity index is 1270. The summed E-state index contributed by atoms with van der Waals surface area (Å²) >= 11 is 0. The number of sulfonamides is 1. The highest BCUT2D eigenvalue weighted by Gasteiger charge is 2.73.